The van der Waals surface area contributed by atoms with Gasteiger partial charge in [0.1, 0.15) is 19.0 Å². The molecular formula is C27H27N3O4S. The molecule has 35 heavy (non-hydrogen) atoms. The van der Waals surface area contributed by atoms with Crippen LogP contribution in [0.15, 0.2) is 76.6 Å². The maximum absolute atomic E-state index is 13.1. The number of benzene rings is 2. The highest BCUT2D eigenvalue weighted by atomic mass is 32.2. The van der Waals surface area contributed by atoms with Gasteiger partial charge in [-0.05, 0) is 43.2 Å². The van der Waals surface area contributed by atoms with E-state index in [0.29, 0.717) is 6.61 Å². The van der Waals surface area contributed by atoms with Gasteiger partial charge in [-0.2, -0.15) is 0 Å². The highest BCUT2D eigenvalue weighted by Gasteiger charge is 2.35. The molecule has 180 valence electrons. The van der Waals surface area contributed by atoms with Crippen LogP contribution in [0.5, 0.6) is 11.5 Å². The Hall–Kier alpha value is -3.65. The van der Waals surface area contributed by atoms with Crippen LogP contribution in [0.2, 0.25) is 0 Å². The SMILES string of the molecule is CC(C)(/C=C\COc1cccc2c1Cc1ccccc1SC2)N1CNn2ccc(=O)c(O)c2C1=O. The second kappa shape index (κ2) is 9.19. The van der Waals surface area contributed by atoms with Gasteiger partial charge in [0.05, 0.1) is 5.54 Å². The number of thioether (sulfide) groups is 1. The molecule has 7 nitrogen and oxygen atoms in total. The Balaban J connectivity index is 1.30. The minimum Gasteiger partial charge on any atom is -0.502 e. The van der Waals surface area contributed by atoms with E-state index in [4.69, 9.17) is 4.74 Å². The Morgan fingerprint density at radius 2 is 1.91 bits per heavy atom. The van der Waals surface area contributed by atoms with Crippen LogP contribution in [0.3, 0.4) is 0 Å². The van der Waals surface area contributed by atoms with Gasteiger partial charge in [0.25, 0.3) is 5.91 Å². The van der Waals surface area contributed by atoms with Crippen LogP contribution in [0.25, 0.3) is 0 Å². The number of amides is 1. The van der Waals surface area contributed by atoms with E-state index in [2.05, 4.69) is 35.8 Å². The van der Waals surface area contributed by atoms with Crippen LogP contribution in [0.1, 0.15) is 41.0 Å². The third-order valence-electron chi connectivity index (χ3n) is 6.43. The fourth-order valence-corrected chi connectivity index (χ4v) is 5.54. The molecule has 2 aliphatic rings. The van der Waals surface area contributed by atoms with E-state index in [-0.39, 0.29) is 12.4 Å². The third-order valence-corrected chi connectivity index (χ3v) is 7.59. The summed E-state index contributed by atoms with van der Waals surface area (Å²) in [6, 6.07) is 15.9. The quantitative estimate of drug-likeness (QED) is 0.525. The lowest BCUT2D eigenvalue weighted by Gasteiger charge is -2.40. The van der Waals surface area contributed by atoms with Crippen molar-refractivity contribution in [2.24, 2.45) is 0 Å². The van der Waals surface area contributed by atoms with Gasteiger partial charge >= 0.3 is 0 Å². The zero-order chi connectivity index (χ0) is 24.6. The smallest absolute Gasteiger partial charge is 0.278 e. The number of hydrogen-bond acceptors (Lipinski definition) is 6. The second-order valence-corrected chi connectivity index (χ2v) is 10.1. The second-order valence-electron chi connectivity index (χ2n) is 9.13. The summed E-state index contributed by atoms with van der Waals surface area (Å²) in [5, 5.41) is 10.2. The first kappa shape index (κ1) is 23.1. The topological polar surface area (TPSA) is 83.8 Å². The summed E-state index contributed by atoms with van der Waals surface area (Å²) in [5.74, 6) is 0.811. The predicted octanol–water partition coefficient (Wildman–Crippen LogP) is 4.12. The molecule has 0 radical (unpaired) electrons. The van der Waals surface area contributed by atoms with Gasteiger partial charge in [0.15, 0.2) is 11.4 Å². The van der Waals surface area contributed by atoms with Crippen LogP contribution in [0, 0.1) is 0 Å². The van der Waals surface area contributed by atoms with Crippen molar-refractivity contribution in [3.63, 3.8) is 0 Å². The summed E-state index contributed by atoms with van der Waals surface area (Å²) in [6.07, 6.45) is 6.09. The lowest BCUT2D eigenvalue weighted by molar-refractivity contribution is 0.0588. The van der Waals surface area contributed by atoms with Gasteiger partial charge in [0.2, 0.25) is 5.43 Å². The Morgan fingerprint density at radius 3 is 2.77 bits per heavy atom. The predicted molar refractivity (Wildman–Crippen MR) is 137 cm³/mol. The summed E-state index contributed by atoms with van der Waals surface area (Å²) in [4.78, 5) is 27.8. The summed E-state index contributed by atoms with van der Waals surface area (Å²) in [7, 11) is 0. The number of ether oxygens (including phenoxy) is 1. The molecule has 1 aromatic heterocycles. The van der Waals surface area contributed by atoms with Crippen LogP contribution in [0.4, 0.5) is 0 Å². The molecule has 0 atom stereocenters. The van der Waals surface area contributed by atoms with E-state index in [9.17, 15) is 14.7 Å². The zero-order valence-corrected chi connectivity index (χ0v) is 20.5. The fourth-order valence-electron chi connectivity index (χ4n) is 4.46. The number of rotatable bonds is 5. The first-order valence-corrected chi connectivity index (χ1v) is 12.5. The first-order chi connectivity index (χ1) is 16.8. The molecule has 0 fully saturated rings. The average molecular weight is 490 g/mol. The summed E-state index contributed by atoms with van der Waals surface area (Å²) in [6.45, 7) is 4.39. The van der Waals surface area contributed by atoms with Gasteiger partial charge < -0.3 is 20.2 Å². The molecule has 2 aliphatic heterocycles. The maximum atomic E-state index is 13.1. The van der Waals surface area contributed by atoms with Gasteiger partial charge in [-0.1, -0.05) is 36.4 Å². The summed E-state index contributed by atoms with van der Waals surface area (Å²) >= 11 is 1.85. The summed E-state index contributed by atoms with van der Waals surface area (Å²) in [5.41, 5.74) is 5.51. The summed E-state index contributed by atoms with van der Waals surface area (Å²) < 4.78 is 7.56. The van der Waals surface area contributed by atoms with Crippen molar-refractivity contribution in [3.8, 4) is 11.5 Å². The van der Waals surface area contributed by atoms with E-state index < -0.39 is 22.6 Å². The fraction of sp³-hybridized carbons (Fsp3) is 0.259. The Bertz CT molecular complexity index is 1380. The molecular weight excluding hydrogens is 462 g/mol. The van der Waals surface area contributed by atoms with Crippen molar-refractivity contribution in [1.82, 2.24) is 9.58 Å². The molecule has 0 unspecified atom stereocenters. The first-order valence-electron chi connectivity index (χ1n) is 11.5. The monoisotopic (exact) mass is 489 g/mol. The van der Waals surface area contributed by atoms with Crippen molar-refractivity contribution in [2.75, 3.05) is 18.7 Å². The van der Waals surface area contributed by atoms with E-state index in [1.165, 1.54) is 38.5 Å². The van der Waals surface area contributed by atoms with Crippen molar-refractivity contribution < 1.29 is 14.6 Å². The van der Waals surface area contributed by atoms with Gasteiger partial charge in [-0.15, -0.1) is 11.8 Å². The number of fused-ring (bicyclic) bond motifs is 3. The van der Waals surface area contributed by atoms with Crippen LogP contribution < -0.4 is 15.6 Å². The molecule has 0 saturated carbocycles. The Labute approximate surface area is 208 Å². The molecule has 0 bridgehead atoms. The number of hydrogen-bond donors (Lipinski definition) is 2. The Kier molecular flexibility index (Phi) is 6.06. The highest BCUT2D eigenvalue weighted by molar-refractivity contribution is 7.98. The highest BCUT2D eigenvalue weighted by Crippen LogP contribution is 2.37. The molecule has 8 heteroatoms. The third kappa shape index (κ3) is 4.41. The molecule has 0 saturated heterocycles. The van der Waals surface area contributed by atoms with Crippen LogP contribution in [-0.2, 0) is 12.2 Å². The minimum absolute atomic E-state index is 0.0633. The number of nitrogens with zero attached hydrogens (tertiary/aromatic N) is 2. The molecule has 3 heterocycles. The minimum atomic E-state index is -0.680. The molecule has 0 spiro atoms. The maximum Gasteiger partial charge on any atom is 0.278 e. The normalized spacial score (nSPS) is 15.1. The average Bonchev–Trinajstić information content (AvgIpc) is 3.04. The molecule has 1 amide bonds. The van der Waals surface area contributed by atoms with Crippen molar-refractivity contribution in [1.29, 1.82) is 0 Å². The van der Waals surface area contributed by atoms with E-state index in [0.717, 1.165) is 17.9 Å². The van der Waals surface area contributed by atoms with E-state index >= 15 is 0 Å². The molecule has 3 aromatic rings. The van der Waals surface area contributed by atoms with Crippen LogP contribution in [-0.4, -0.2) is 39.4 Å². The number of carbonyl (C=O) groups is 1. The van der Waals surface area contributed by atoms with E-state index in [1.54, 1.807) is 4.90 Å². The number of pyridine rings is 1. The van der Waals surface area contributed by atoms with Gasteiger partial charge in [-0.25, -0.2) is 0 Å². The Morgan fingerprint density at radius 1 is 1.11 bits per heavy atom. The molecule has 2 N–H and O–H groups in total. The van der Waals surface area contributed by atoms with Crippen molar-refractivity contribution in [3.05, 3.63) is 99.5 Å². The van der Waals surface area contributed by atoms with E-state index in [1.807, 2.05) is 49.9 Å². The molecule has 5 rings (SSSR count). The van der Waals surface area contributed by atoms with Gasteiger partial charge in [-0.3, -0.25) is 14.3 Å². The standard InChI is InChI=1S/C27H27N3O4S/c1-27(2,29-17-28-30-13-11-21(31)25(32)24(30)26(29)33)12-6-14-34-22-9-5-8-19-16-35-23-10-4-3-7-18(23)15-20(19)22/h3-13,28,32H,14-17H2,1-2H3/b12-6-. The van der Waals surface area contributed by atoms with Crippen LogP contribution >= 0.6 is 11.8 Å². The number of aromatic hydroxyl groups is 1. The molecule has 0 aliphatic carbocycles. The number of carbonyl (C=O) groups excluding carboxylic acids is 1. The van der Waals surface area contributed by atoms with Crippen molar-refractivity contribution in [2.45, 2.75) is 36.5 Å². The number of nitrogens with one attached hydrogen (secondary N) is 1. The van der Waals surface area contributed by atoms with Gasteiger partial charge in [0, 0.05) is 34.9 Å². The molecule has 2 aromatic carbocycles. The number of aromatic nitrogens is 1. The zero-order valence-electron chi connectivity index (χ0n) is 19.7. The lowest BCUT2D eigenvalue weighted by atomic mass is 9.99. The lowest BCUT2D eigenvalue weighted by Crippen LogP contribution is -2.54. The largest absolute Gasteiger partial charge is 0.502 e. The van der Waals surface area contributed by atoms with Crippen molar-refractivity contribution >= 4 is 17.7 Å².